The van der Waals surface area contributed by atoms with Crippen LogP contribution in [0.25, 0.3) is 0 Å². The van der Waals surface area contributed by atoms with Gasteiger partial charge in [0.1, 0.15) is 10.7 Å². The van der Waals surface area contributed by atoms with Crippen LogP contribution in [0.1, 0.15) is 36.0 Å². The standard InChI is InChI=1S/C14H16FNO3S/c15-12-6-5-11(14(17)10-3-4-10)9-13(12)20(18,19)16-7-1-2-8-16/h5-6,9-10H,1-4,7-8H2. The van der Waals surface area contributed by atoms with Gasteiger partial charge < -0.3 is 0 Å². The lowest BCUT2D eigenvalue weighted by atomic mass is 10.1. The summed E-state index contributed by atoms with van der Waals surface area (Å²) < 4.78 is 40.0. The normalized spacial score (nSPS) is 20.2. The third-order valence-corrected chi connectivity index (χ3v) is 5.76. The fraction of sp³-hybridized carbons (Fsp3) is 0.500. The Hall–Kier alpha value is -1.27. The lowest BCUT2D eigenvalue weighted by Gasteiger charge is -2.16. The van der Waals surface area contributed by atoms with Crippen molar-refractivity contribution in [2.45, 2.75) is 30.6 Å². The number of ketones is 1. The van der Waals surface area contributed by atoms with E-state index in [1.165, 1.54) is 16.4 Å². The molecule has 1 heterocycles. The maximum absolute atomic E-state index is 13.9. The van der Waals surface area contributed by atoms with E-state index in [2.05, 4.69) is 0 Å². The van der Waals surface area contributed by atoms with E-state index in [1.807, 2.05) is 0 Å². The third-order valence-electron chi connectivity index (χ3n) is 3.85. The minimum Gasteiger partial charge on any atom is -0.294 e. The molecular formula is C14H16FNO3S. The second-order valence-electron chi connectivity index (χ2n) is 5.39. The number of sulfonamides is 1. The number of benzene rings is 1. The fourth-order valence-electron chi connectivity index (χ4n) is 2.50. The second-order valence-corrected chi connectivity index (χ2v) is 7.30. The van der Waals surface area contributed by atoms with Crippen molar-refractivity contribution in [2.75, 3.05) is 13.1 Å². The highest BCUT2D eigenvalue weighted by atomic mass is 32.2. The number of carbonyl (C=O) groups is 1. The lowest BCUT2D eigenvalue weighted by molar-refractivity contribution is 0.0967. The van der Waals surface area contributed by atoms with E-state index in [0.29, 0.717) is 18.7 Å². The summed E-state index contributed by atoms with van der Waals surface area (Å²) in [4.78, 5) is 11.6. The summed E-state index contributed by atoms with van der Waals surface area (Å²) in [6, 6.07) is 3.65. The maximum atomic E-state index is 13.9. The zero-order chi connectivity index (χ0) is 14.3. The van der Waals surface area contributed by atoms with Gasteiger partial charge in [0.25, 0.3) is 0 Å². The van der Waals surface area contributed by atoms with E-state index >= 15 is 0 Å². The molecule has 0 spiro atoms. The van der Waals surface area contributed by atoms with E-state index in [4.69, 9.17) is 0 Å². The third kappa shape index (κ3) is 2.38. The maximum Gasteiger partial charge on any atom is 0.246 e. The largest absolute Gasteiger partial charge is 0.294 e. The Balaban J connectivity index is 1.99. The molecule has 1 aliphatic carbocycles. The lowest BCUT2D eigenvalue weighted by Crippen LogP contribution is -2.28. The molecule has 2 aliphatic rings. The topological polar surface area (TPSA) is 54.5 Å². The summed E-state index contributed by atoms with van der Waals surface area (Å²) in [6.45, 7) is 0.838. The van der Waals surface area contributed by atoms with E-state index in [9.17, 15) is 17.6 Å². The Morgan fingerprint density at radius 3 is 2.45 bits per heavy atom. The zero-order valence-corrected chi connectivity index (χ0v) is 11.8. The summed E-state index contributed by atoms with van der Waals surface area (Å²) in [5.74, 6) is -0.880. The smallest absolute Gasteiger partial charge is 0.246 e. The predicted molar refractivity (Wildman–Crippen MR) is 71.4 cm³/mol. The molecule has 1 saturated heterocycles. The molecule has 0 aromatic heterocycles. The summed E-state index contributed by atoms with van der Waals surface area (Å²) in [7, 11) is -3.82. The highest BCUT2D eigenvalue weighted by molar-refractivity contribution is 7.89. The molecule has 0 bridgehead atoms. The van der Waals surface area contributed by atoms with Gasteiger partial charge in [-0.3, -0.25) is 4.79 Å². The highest BCUT2D eigenvalue weighted by Gasteiger charge is 2.33. The van der Waals surface area contributed by atoms with Crippen LogP contribution in [0, 0.1) is 11.7 Å². The first-order valence-corrected chi connectivity index (χ1v) is 8.28. The molecule has 0 radical (unpaired) electrons. The molecule has 1 aromatic rings. The van der Waals surface area contributed by atoms with Gasteiger partial charge in [-0.15, -0.1) is 0 Å². The van der Waals surface area contributed by atoms with Crippen LogP contribution in [-0.2, 0) is 10.0 Å². The number of nitrogens with zero attached hydrogens (tertiary/aromatic N) is 1. The summed E-state index contributed by atoms with van der Waals surface area (Å²) in [6.07, 6.45) is 3.26. The van der Waals surface area contributed by atoms with Gasteiger partial charge in [-0.25, -0.2) is 12.8 Å². The quantitative estimate of drug-likeness (QED) is 0.801. The Morgan fingerprint density at radius 2 is 1.85 bits per heavy atom. The van der Waals surface area contributed by atoms with Gasteiger partial charge in [-0.2, -0.15) is 4.31 Å². The average molecular weight is 297 g/mol. The molecule has 108 valence electrons. The molecule has 6 heteroatoms. The van der Waals surface area contributed by atoms with Crippen LogP contribution in [0.15, 0.2) is 23.1 Å². The number of hydrogen-bond donors (Lipinski definition) is 0. The van der Waals surface area contributed by atoms with Gasteiger partial charge in [0, 0.05) is 24.6 Å². The fourth-order valence-corrected chi connectivity index (χ4v) is 4.11. The van der Waals surface area contributed by atoms with Crippen LogP contribution in [-0.4, -0.2) is 31.6 Å². The van der Waals surface area contributed by atoms with Crippen molar-refractivity contribution in [1.82, 2.24) is 4.31 Å². The molecule has 0 unspecified atom stereocenters. The minimum absolute atomic E-state index is 0.0113. The summed E-state index contributed by atoms with van der Waals surface area (Å²) in [5, 5.41) is 0. The van der Waals surface area contributed by atoms with Crippen molar-refractivity contribution in [1.29, 1.82) is 0 Å². The van der Waals surface area contributed by atoms with Crippen LogP contribution < -0.4 is 0 Å². The molecule has 1 aliphatic heterocycles. The Labute approximate surface area is 117 Å². The highest BCUT2D eigenvalue weighted by Crippen LogP contribution is 2.33. The van der Waals surface area contributed by atoms with Gasteiger partial charge in [0.2, 0.25) is 10.0 Å². The predicted octanol–water partition coefficient (Wildman–Crippen LogP) is 2.20. The SMILES string of the molecule is O=C(c1ccc(F)c(S(=O)(=O)N2CCCC2)c1)C1CC1. The molecule has 0 amide bonds. The van der Waals surface area contributed by atoms with Crippen LogP contribution in [0.5, 0.6) is 0 Å². The molecule has 3 rings (SSSR count). The molecule has 0 N–H and O–H groups in total. The van der Waals surface area contributed by atoms with Gasteiger partial charge >= 0.3 is 0 Å². The van der Waals surface area contributed by atoms with Gasteiger partial charge in [-0.1, -0.05) is 0 Å². The van der Waals surface area contributed by atoms with E-state index in [0.717, 1.165) is 31.7 Å². The van der Waals surface area contributed by atoms with E-state index in [-0.39, 0.29) is 16.6 Å². The number of halogens is 1. The van der Waals surface area contributed by atoms with E-state index < -0.39 is 15.8 Å². The summed E-state index contributed by atoms with van der Waals surface area (Å²) >= 11 is 0. The van der Waals surface area contributed by atoms with Crippen molar-refractivity contribution in [3.63, 3.8) is 0 Å². The van der Waals surface area contributed by atoms with Gasteiger partial charge in [-0.05, 0) is 43.9 Å². The number of carbonyl (C=O) groups excluding carboxylic acids is 1. The molecule has 0 atom stereocenters. The van der Waals surface area contributed by atoms with Crippen molar-refractivity contribution in [3.05, 3.63) is 29.6 Å². The molecular weight excluding hydrogens is 281 g/mol. The number of rotatable bonds is 4. The first kappa shape index (κ1) is 13.7. The first-order chi connectivity index (χ1) is 9.50. The monoisotopic (exact) mass is 297 g/mol. The van der Waals surface area contributed by atoms with Crippen molar-refractivity contribution in [2.24, 2.45) is 5.92 Å². The van der Waals surface area contributed by atoms with Crippen molar-refractivity contribution < 1.29 is 17.6 Å². The van der Waals surface area contributed by atoms with Crippen LogP contribution in [0.4, 0.5) is 4.39 Å². The Bertz CT molecular complexity index is 646. The molecule has 4 nitrogen and oxygen atoms in total. The molecule has 2 fully saturated rings. The number of hydrogen-bond acceptors (Lipinski definition) is 3. The minimum atomic E-state index is -3.82. The molecule has 1 aromatic carbocycles. The van der Waals surface area contributed by atoms with Crippen molar-refractivity contribution >= 4 is 15.8 Å². The van der Waals surface area contributed by atoms with Crippen LogP contribution in [0.3, 0.4) is 0 Å². The van der Waals surface area contributed by atoms with E-state index in [1.54, 1.807) is 0 Å². The Kier molecular flexibility index (Phi) is 3.38. The number of Topliss-reactive ketones (excluding diaryl/α,β-unsaturated/α-hetero) is 1. The zero-order valence-electron chi connectivity index (χ0n) is 11.0. The van der Waals surface area contributed by atoms with Gasteiger partial charge in [0.05, 0.1) is 0 Å². The summed E-state index contributed by atoms with van der Waals surface area (Å²) in [5.41, 5.74) is 0.298. The van der Waals surface area contributed by atoms with Gasteiger partial charge in [0.15, 0.2) is 5.78 Å². The van der Waals surface area contributed by atoms with Crippen LogP contribution >= 0.6 is 0 Å². The average Bonchev–Trinajstić information content (AvgIpc) is 3.12. The molecule has 20 heavy (non-hydrogen) atoms. The second kappa shape index (κ2) is 4.93. The van der Waals surface area contributed by atoms with Crippen LogP contribution in [0.2, 0.25) is 0 Å². The molecule has 1 saturated carbocycles. The van der Waals surface area contributed by atoms with Crippen molar-refractivity contribution in [3.8, 4) is 0 Å². The first-order valence-electron chi connectivity index (χ1n) is 6.84. The Morgan fingerprint density at radius 1 is 1.20 bits per heavy atom.